The van der Waals surface area contributed by atoms with Gasteiger partial charge in [0.2, 0.25) is 0 Å². The van der Waals surface area contributed by atoms with Gasteiger partial charge in [-0.2, -0.15) is 0 Å². The maximum atomic E-state index is 14.3. The number of nitrogens with zero attached hydrogens (tertiary/aromatic N) is 2. The second-order valence-corrected chi connectivity index (χ2v) is 10.4. The van der Waals surface area contributed by atoms with Crippen LogP contribution >= 0.6 is 0 Å². The first-order chi connectivity index (χ1) is 21.8. The smallest absolute Gasteiger partial charge is 0.355 e. The van der Waals surface area contributed by atoms with Crippen molar-refractivity contribution in [2.24, 2.45) is 0 Å². The van der Waals surface area contributed by atoms with Crippen LogP contribution in [0.25, 0.3) is 38.4 Å². The van der Waals surface area contributed by atoms with Gasteiger partial charge < -0.3 is 24.7 Å². The number of esters is 1. The van der Waals surface area contributed by atoms with Crippen LogP contribution in [0.4, 0.5) is 5.69 Å². The van der Waals surface area contributed by atoms with E-state index in [-0.39, 0.29) is 12.3 Å². The van der Waals surface area contributed by atoms with Crippen molar-refractivity contribution in [1.82, 2.24) is 9.55 Å². The molecular weight excluding hydrogens is 570 g/mol. The number of methoxy groups -OCH3 is 3. The molecule has 0 fully saturated rings. The number of fused-ring (bicyclic) bond motifs is 2. The van der Waals surface area contributed by atoms with Gasteiger partial charge >= 0.3 is 5.97 Å². The lowest BCUT2D eigenvalue weighted by molar-refractivity contribution is 0.0591. The Morgan fingerprint density at radius 3 is 2.24 bits per heavy atom. The van der Waals surface area contributed by atoms with Gasteiger partial charge in [0.15, 0.2) is 0 Å². The van der Waals surface area contributed by atoms with Crippen molar-refractivity contribution in [3.05, 3.63) is 118 Å². The van der Waals surface area contributed by atoms with Crippen LogP contribution in [0.15, 0.2) is 95.9 Å². The number of ether oxygens (including phenoxy) is 4. The van der Waals surface area contributed by atoms with E-state index in [1.807, 2.05) is 49.4 Å². The molecule has 0 aliphatic rings. The molecule has 0 aliphatic heterocycles. The first-order valence-corrected chi connectivity index (χ1v) is 14.2. The molecule has 0 unspecified atom stereocenters. The molecule has 2 aromatic heterocycles. The Balaban J connectivity index is 1.61. The monoisotopic (exact) mass is 601 g/mol. The molecule has 0 aliphatic carbocycles. The van der Waals surface area contributed by atoms with Crippen LogP contribution in [0.1, 0.15) is 21.7 Å². The summed E-state index contributed by atoms with van der Waals surface area (Å²) in [7, 11) is 4.41. The predicted octanol–water partition coefficient (Wildman–Crippen LogP) is 6.48. The Kier molecular flexibility index (Phi) is 7.83. The number of nitrogen functional groups attached to an aromatic ring is 1. The molecule has 4 aromatic carbocycles. The molecule has 9 heteroatoms. The van der Waals surface area contributed by atoms with Gasteiger partial charge in [-0.25, -0.2) is 4.79 Å². The van der Waals surface area contributed by atoms with Crippen LogP contribution in [0.2, 0.25) is 0 Å². The van der Waals surface area contributed by atoms with Crippen molar-refractivity contribution in [3.8, 4) is 34.1 Å². The van der Waals surface area contributed by atoms with Gasteiger partial charge in [-0.1, -0.05) is 24.3 Å². The number of pyridine rings is 2. The quantitative estimate of drug-likeness (QED) is 0.156. The van der Waals surface area contributed by atoms with Gasteiger partial charge in [0.1, 0.15) is 29.5 Å². The lowest BCUT2D eigenvalue weighted by Gasteiger charge is -2.21. The number of carbonyl (C=O) groups excluding carboxylic acids is 1. The van der Waals surface area contributed by atoms with Crippen LogP contribution < -0.4 is 25.5 Å². The van der Waals surface area contributed by atoms with E-state index in [0.29, 0.717) is 50.5 Å². The molecular formula is C36H31N3O6. The molecule has 0 spiro atoms. The van der Waals surface area contributed by atoms with E-state index >= 15 is 0 Å². The molecule has 2 N–H and O–H groups in total. The fraction of sp³-hybridized carbons (Fsp3) is 0.139. The van der Waals surface area contributed by atoms with Crippen LogP contribution in [0.5, 0.6) is 17.2 Å². The zero-order chi connectivity index (χ0) is 31.7. The van der Waals surface area contributed by atoms with Gasteiger partial charge in [-0.15, -0.1) is 0 Å². The first kappa shape index (κ1) is 29.3. The number of hydrogen-bond donors (Lipinski definition) is 1. The zero-order valence-corrected chi connectivity index (χ0v) is 25.3. The molecule has 0 saturated heterocycles. The maximum absolute atomic E-state index is 14.3. The maximum Gasteiger partial charge on any atom is 0.355 e. The SMILES string of the molecule is COC(=O)c1c(-c2cc(OC)c(C)c(OC)c2)c2ccc(OCc3nccc4ccccc34)cc2c(=O)n1-c1ccc(N)cc1. The second kappa shape index (κ2) is 12.0. The van der Waals surface area contributed by atoms with Crippen molar-refractivity contribution >= 4 is 33.2 Å². The summed E-state index contributed by atoms with van der Waals surface area (Å²) in [4.78, 5) is 32.4. The Morgan fingerprint density at radius 2 is 1.56 bits per heavy atom. The van der Waals surface area contributed by atoms with Gasteiger partial charge in [-0.3, -0.25) is 14.3 Å². The normalized spacial score (nSPS) is 11.0. The lowest BCUT2D eigenvalue weighted by Crippen LogP contribution is -2.27. The summed E-state index contributed by atoms with van der Waals surface area (Å²) in [5.74, 6) is 0.887. The number of hydrogen-bond acceptors (Lipinski definition) is 8. The summed E-state index contributed by atoms with van der Waals surface area (Å²) in [6.07, 6.45) is 1.75. The molecule has 9 nitrogen and oxygen atoms in total. The standard InChI is InChI=1S/C36H31N3O6/c1-21-31(42-2)17-23(18-32(21)43-3)33-28-14-13-26(45-20-30-27-8-6-5-7-22(27)15-16-38-30)19-29(28)35(40)39(34(33)36(41)44-4)25-11-9-24(37)10-12-25/h5-19H,20,37H2,1-4H3. The predicted molar refractivity (Wildman–Crippen MR) is 175 cm³/mol. The molecule has 6 aromatic rings. The summed E-state index contributed by atoms with van der Waals surface area (Å²) in [5.41, 5.74) is 9.15. The van der Waals surface area contributed by atoms with Crippen molar-refractivity contribution in [1.29, 1.82) is 0 Å². The average Bonchev–Trinajstić information content (AvgIpc) is 3.07. The molecule has 45 heavy (non-hydrogen) atoms. The molecule has 0 saturated carbocycles. The van der Waals surface area contributed by atoms with E-state index in [0.717, 1.165) is 22.0 Å². The van der Waals surface area contributed by atoms with Crippen molar-refractivity contribution < 1.29 is 23.7 Å². The van der Waals surface area contributed by atoms with E-state index in [2.05, 4.69) is 4.98 Å². The Hall–Kier alpha value is -5.83. The van der Waals surface area contributed by atoms with Crippen LogP contribution in [0, 0.1) is 6.92 Å². The fourth-order valence-electron chi connectivity index (χ4n) is 5.60. The molecule has 0 radical (unpaired) electrons. The molecule has 6 rings (SSSR count). The number of nitrogens with two attached hydrogens (primary N) is 1. The van der Waals surface area contributed by atoms with E-state index in [1.165, 1.54) is 11.7 Å². The molecule has 0 atom stereocenters. The Labute approximate surface area is 259 Å². The van der Waals surface area contributed by atoms with E-state index in [1.54, 1.807) is 62.9 Å². The number of aromatic nitrogens is 2. The summed E-state index contributed by atoms with van der Waals surface area (Å²) in [6, 6.07) is 25.5. The van der Waals surface area contributed by atoms with E-state index in [9.17, 15) is 9.59 Å². The van der Waals surface area contributed by atoms with Crippen LogP contribution in [0.3, 0.4) is 0 Å². The highest BCUT2D eigenvalue weighted by atomic mass is 16.5. The lowest BCUT2D eigenvalue weighted by atomic mass is 9.94. The number of carbonyl (C=O) groups is 1. The number of rotatable bonds is 8. The summed E-state index contributed by atoms with van der Waals surface area (Å²) < 4.78 is 24.1. The molecule has 2 heterocycles. The molecule has 226 valence electrons. The van der Waals surface area contributed by atoms with Crippen molar-refractivity contribution in [2.75, 3.05) is 27.1 Å². The minimum Gasteiger partial charge on any atom is -0.496 e. The van der Waals surface area contributed by atoms with E-state index < -0.39 is 11.5 Å². The average molecular weight is 602 g/mol. The van der Waals surface area contributed by atoms with Crippen molar-refractivity contribution in [3.63, 3.8) is 0 Å². The number of anilines is 1. The largest absolute Gasteiger partial charge is 0.496 e. The Bertz CT molecular complexity index is 2110. The number of benzene rings is 4. The molecule has 0 amide bonds. The summed E-state index contributed by atoms with van der Waals surface area (Å²) in [6.45, 7) is 2.07. The molecule has 0 bridgehead atoms. The highest BCUT2D eigenvalue weighted by Gasteiger charge is 2.27. The third-order valence-corrected chi connectivity index (χ3v) is 7.86. The van der Waals surface area contributed by atoms with Gasteiger partial charge in [0.05, 0.1) is 32.4 Å². The third-order valence-electron chi connectivity index (χ3n) is 7.86. The zero-order valence-electron chi connectivity index (χ0n) is 25.3. The summed E-state index contributed by atoms with van der Waals surface area (Å²) in [5, 5.41) is 2.89. The Morgan fingerprint density at radius 1 is 0.844 bits per heavy atom. The van der Waals surface area contributed by atoms with Gasteiger partial charge in [-0.05, 0) is 83.9 Å². The highest BCUT2D eigenvalue weighted by molar-refractivity contribution is 6.07. The van der Waals surface area contributed by atoms with Crippen LogP contribution in [-0.4, -0.2) is 36.8 Å². The van der Waals surface area contributed by atoms with Gasteiger partial charge in [0, 0.05) is 34.1 Å². The van der Waals surface area contributed by atoms with Crippen LogP contribution in [-0.2, 0) is 11.3 Å². The van der Waals surface area contributed by atoms with E-state index in [4.69, 9.17) is 24.7 Å². The third kappa shape index (κ3) is 5.29. The minimum absolute atomic E-state index is 0.0429. The van der Waals surface area contributed by atoms with Gasteiger partial charge in [0.25, 0.3) is 5.56 Å². The minimum atomic E-state index is -0.693. The highest BCUT2D eigenvalue weighted by Crippen LogP contribution is 2.40. The van der Waals surface area contributed by atoms with Crippen molar-refractivity contribution in [2.45, 2.75) is 13.5 Å². The second-order valence-electron chi connectivity index (χ2n) is 10.4. The topological polar surface area (TPSA) is 115 Å². The fourth-order valence-corrected chi connectivity index (χ4v) is 5.60. The first-order valence-electron chi connectivity index (χ1n) is 14.2. The summed E-state index contributed by atoms with van der Waals surface area (Å²) >= 11 is 0.